The molecule has 1 aliphatic rings. The first kappa shape index (κ1) is 23.8. The molecule has 4 rings (SSSR count). The normalized spacial score (nSPS) is 15.4. The number of rotatable bonds is 9. The second kappa shape index (κ2) is 12.2. The molecular formula is C29H35N3O2. The Morgan fingerprint density at radius 3 is 2.38 bits per heavy atom. The first-order chi connectivity index (χ1) is 16.7. The van der Waals surface area contributed by atoms with E-state index in [2.05, 4.69) is 76.2 Å². The maximum Gasteiger partial charge on any atom is 0.319 e. The van der Waals surface area contributed by atoms with E-state index in [1.165, 1.54) is 24.0 Å². The monoisotopic (exact) mass is 457 g/mol. The summed E-state index contributed by atoms with van der Waals surface area (Å²) in [5, 5.41) is 5.93. The topological polar surface area (TPSA) is 53.6 Å². The number of nitrogens with zero attached hydrogens (tertiary/aromatic N) is 1. The van der Waals surface area contributed by atoms with E-state index in [1.807, 2.05) is 24.3 Å². The van der Waals surface area contributed by atoms with Crippen molar-refractivity contribution in [1.82, 2.24) is 10.2 Å². The van der Waals surface area contributed by atoms with Crippen molar-refractivity contribution in [3.8, 4) is 5.75 Å². The quantitative estimate of drug-likeness (QED) is 0.420. The van der Waals surface area contributed by atoms with Crippen molar-refractivity contribution in [2.75, 3.05) is 32.1 Å². The van der Waals surface area contributed by atoms with E-state index < -0.39 is 0 Å². The molecule has 0 radical (unpaired) electrons. The van der Waals surface area contributed by atoms with Crippen LogP contribution < -0.4 is 15.4 Å². The third-order valence-corrected chi connectivity index (χ3v) is 6.67. The van der Waals surface area contributed by atoms with Crippen molar-refractivity contribution >= 4 is 11.7 Å². The minimum absolute atomic E-state index is 0.193. The summed E-state index contributed by atoms with van der Waals surface area (Å²) in [7, 11) is 1.62. The first-order valence-electron chi connectivity index (χ1n) is 12.2. The number of amides is 2. The second-order valence-corrected chi connectivity index (χ2v) is 9.00. The zero-order valence-electron chi connectivity index (χ0n) is 20.0. The molecule has 1 aliphatic heterocycles. The van der Waals surface area contributed by atoms with Crippen LogP contribution in [0, 0.1) is 5.92 Å². The van der Waals surface area contributed by atoms with Gasteiger partial charge in [0.2, 0.25) is 0 Å². The molecule has 2 amide bonds. The number of ether oxygens (including phenoxy) is 1. The number of nitrogens with one attached hydrogen (secondary N) is 2. The lowest BCUT2D eigenvalue weighted by Gasteiger charge is -2.38. The van der Waals surface area contributed by atoms with Crippen molar-refractivity contribution in [3.63, 3.8) is 0 Å². The number of carbonyl (C=O) groups is 1. The van der Waals surface area contributed by atoms with E-state index in [0.717, 1.165) is 43.3 Å². The molecular weight excluding hydrogens is 422 g/mol. The molecule has 34 heavy (non-hydrogen) atoms. The Morgan fingerprint density at radius 2 is 1.68 bits per heavy atom. The summed E-state index contributed by atoms with van der Waals surface area (Å²) in [6.07, 6.45) is 4.46. The molecule has 1 heterocycles. The van der Waals surface area contributed by atoms with Crippen LogP contribution in [0.25, 0.3) is 0 Å². The molecule has 0 aliphatic carbocycles. The van der Waals surface area contributed by atoms with Gasteiger partial charge in [-0.15, -0.1) is 0 Å². The molecule has 0 spiro atoms. The Hall–Kier alpha value is -3.31. The fourth-order valence-corrected chi connectivity index (χ4v) is 4.85. The highest BCUT2D eigenvalue weighted by atomic mass is 16.5. The van der Waals surface area contributed by atoms with Crippen LogP contribution in [0.2, 0.25) is 0 Å². The molecule has 178 valence electrons. The van der Waals surface area contributed by atoms with E-state index in [0.29, 0.717) is 12.6 Å². The van der Waals surface area contributed by atoms with Crippen molar-refractivity contribution < 1.29 is 9.53 Å². The van der Waals surface area contributed by atoms with E-state index in [-0.39, 0.29) is 6.03 Å². The number of carbonyl (C=O) groups excluding carboxylic acids is 1. The van der Waals surface area contributed by atoms with Gasteiger partial charge in [-0.3, -0.25) is 4.90 Å². The number of hydrogen-bond donors (Lipinski definition) is 2. The number of methoxy groups -OCH3 is 1. The maximum absolute atomic E-state index is 12.4. The first-order valence-corrected chi connectivity index (χ1v) is 12.2. The van der Waals surface area contributed by atoms with Gasteiger partial charge >= 0.3 is 6.03 Å². The molecule has 0 aromatic heterocycles. The molecule has 5 nitrogen and oxygen atoms in total. The van der Waals surface area contributed by atoms with Crippen LogP contribution in [0.3, 0.4) is 0 Å². The lowest BCUT2D eigenvalue weighted by Crippen LogP contribution is -2.39. The summed E-state index contributed by atoms with van der Waals surface area (Å²) in [5.41, 5.74) is 3.47. The largest absolute Gasteiger partial charge is 0.497 e. The number of likely N-dealkylation sites (tertiary alicyclic amines) is 1. The lowest BCUT2D eigenvalue weighted by molar-refractivity contribution is 0.126. The van der Waals surface area contributed by atoms with E-state index in [9.17, 15) is 4.79 Å². The van der Waals surface area contributed by atoms with Crippen LogP contribution in [-0.2, 0) is 6.42 Å². The fraction of sp³-hybridized carbons (Fsp3) is 0.345. The summed E-state index contributed by atoms with van der Waals surface area (Å²) in [5.74, 6) is 1.46. The minimum atomic E-state index is -0.193. The van der Waals surface area contributed by atoms with Gasteiger partial charge in [0.05, 0.1) is 7.11 Å². The van der Waals surface area contributed by atoms with Gasteiger partial charge in [0.1, 0.15) is 5.75 Å². The zero-order chi connectivity index (χ0) is 23.6. The molecule has 2 N–H and O–H groups in total. The lowest BCUT2D eigenvalue weighted by atomic mass is 9.88. The predicted octanol–water partition coefficient (Wildman–Crippen LogP) is 5.90. The molecule has 0 bridgehead atoms. The number of benzene rings is 3. The summed E-state index contributed by atoms with van der Waals surface area (Å²) in [6.45, 7) is 2.79. The standard InChI is InChI=1S/C29H35N3O2/c1-34-27-14-8-13-26(22-27)31-29(33)30-18-15-28(25-11-6-3-7-12-25)32-19-16-24(17-20-32)21-23-9-4-2-5-10-23/h2-14,22,24,28H,15-21H2,1H3,(H2,30,31,33). The SMILES string of the molecule is COc1cccc(NC(=O)NCCC(c2ccccc2)N2CCC(Cc3ccccc3)CC2)c1. The van der Waals surface area contributed by atoms with E-state index in [4.69, 9.17) is 4.74 Å². The van der Waals surface area contributed by atoms with Gasteiger partial charge in [-0.25, -0.2) is 4.79 Å². The number of anilines is 1. The van der Waals surface area contributed by atoms with Crippen LogP contribution in [0.5, 0.6) is 5.75 Å². The molecule has 5 heteroatoms. The van der Waals surface area contributed by atoms with Crippen molar-refractivity contribution in [2.45, 2.75) is 31.7 Å². The predicted molar refractivity (Wildman–Crippen MR) is 138 cm³/mol. The molecule has 1 fully saturated rings. The van der Waals surface area contributed by atoms with Gasteiger partial charge in [0.15, 0.2) is 0 Å². The molecule has 1 atom stereocenters. The number of hydrogen-bond acceptors (Lipinski definition) is 3. The summed E-state index contributed by atoms with van der Waals surface area (Å²) < 4.78 is 5.23. The zero-order valence-corrected chi connectivity index (χ0v) is 20.0. The Bertz CT molecular complexity index is 1020. The van der Waals surface area contributed by atoms with Gasteiger partial charge in [-0.1, -0.05) is 66.7 Å². The Labute approximate surface area is 203 Å². The van der Waals surface area contributed by atoms with Crippen molar-refractivity contribution in [3.05, 3.63) is 96.1 Å². The highest BCUT2D eigenvalue weighted by Crippen LogP contribution is 2.30. The number of urea groups is 1. The van der Waals surface area contributed by atoms with Crippen LogP contribution in [-0.4, -0.2) is 37.7 Å². The van der Waals surface area contributed by atoms with Gasteiger partial charge < -0.3 is 15.4 Å². The van der Waals surface area contributed by atoms with Crippen molar-refractivity contribution in [2.24, 2.45) is 5.92 Å². The molecule has 0 saturated carbocycles. The molecule has 1 unspecified atom stereocenters. The van der Waals surface area contributed by atoms with E-state index in [1.54, 1.807) is 7.11 Å². The van der Waals surface area contributed by atoms with Gasteiger partial charge in [0, 0.05) is 24.3 Å². The average Bonchev–Trinajstić information content (AvgIpc) is 2.88. The third kappa shape index (κ3) is 6.84. The summed E-state index contributed by atoms with van der Waals surface area (Å²) in [6, 6.07) is 29.0. The smallest absolute Gasteiger partial charge is 0.319 e. The molecule has 3 aromatic rings. The highest BCUT2D eigenvalue weighted by Gasteiger charge is 2.26. The Balaban J connectivity index is 1.30. The van der Waals surface area contributed by atoms with Gasteiger partial charge in [-0.05, 0) is 68.0 Å². The summed E-state index contributed by atoms with van der Waals surface area (Å²) in [4.78, 5) is 15.0. The van der Waals surface area contributed by atoms with E-state index >= 15 is 0 Å². The average molecular weight is 458 g/mol. The highest BCUT2D eigenvalue weighted by molar-refractivity contribution is 5.89. The summed E-state index contributed by atoms with van der Waals surface area (Å²) >= 11 is 0. The van der Waals surface area contributed by atoms with Gasteiger partial charge in [-0.2, -0.15) is 0 Å². The Kier molecular flexibility index (Phi) is 8.58. The fourth-order valence-electron chi connectivity index (χ4n) is 4.85. The molecule has 3 aromatic carbocycles. The third-order valence-electron chi connectivity index (χ3n) is 6.67. The second-order valence-electron chi connectivity index (χ2n) is 9.00. The van der Waals surface area contributed by atoms with Crippen LogP contribution in [0.15, 0.2) is 84.9 Å². The Morgan fingerprint density at radius 1 is 0.971 bits per heavy atom. The maximum atomic E-state index is 12.4. The van der Waals surface area contributed by atoms with Crippen molar-refractivity contribution in [1.29, 1.82) is 0 Å². The number of piperidine rings is 1. The van der Waals surface area contributed by atoms with Crippen LogP contribution in [0.4, 0.5) is 10.5 Å². The molecule has 1 saturated heterocycles. The van der Waals surface area contributed by atoms with Gasteiger partial charge in [0.25, 0.3) is 0 Å². The van der Waals surface area contributed by atoms with Crippen LogP contribution in [0.1, 0.15) is 36.4 Å². The minimum Gasteiger partial charge on any atom is -0.497 e. The van der Waals surface area contributed by atoms with Crippen LogP contribution >= 0.6 is 0 Å².